The molecule has 0 bridgehead atoms. The van der Waals surface area contributed by atoms with Crippen molar-refractivity contribution in [3.05, 3.63) is 59.7 Å². The van der Waals surface area contributed by atoms with Crippen LogP contribution in [0.5, 0.6) is 0 Å². The van der Waals surface area contributed by atoms with E-state index in [-0.39, 0.29) is 18.1 Å². The average molecular weight is 408 g/mol. The first-order valence-electron chi connectivity index (χ1n) is 8.88. The molecule has 2 rings (SSSR count). The Kier molecular flexibility index (Phi) is 6.56. The fourth-order valence-corrected chi connectivity index (χ4v) is 2.57. The van der Waals surface area contributed by atoms with Gasteiger partial charge in [-0.2, -0.15) is 13.2 Å². The number of anilines is 2. The summed E-state index contributed by atoms with van der Waals surface area (Å²) in [5, 5.41) is 2.54. The quantitative estimate of drug-likeness (QED) is 0.703. The fraction of sp³-hybridized carbons (Fsp3) is 0.333. The van der Waals surface area contributed by atoms with Gasteiger partial charge in [0.1, 0.15) is 5.60 Å². The standard InChI is InChI=1S/C21H23F3N2O3/c1-20(2,3)29-18(27)13-14-9-11-15(12-10-14)25-19(28)26(4)17-8-6-5-7-16(17)21(22,23)24/h5-12H,13H2,1-4H3,(H,25,28). The number of hydrogen-bond donors (Lipinski definition) is 1. The second kappa shape index (κ2) is 8.55. The van der Waals surface area contributed by atoms with Crippen LogP contribution in [0.25, 0.3) is 0 Å². The van der Waals surface area contributed by atoms with Crippen LogP contribution in [0, 0.1) is 0 Å². The number of carbonyl (C=O) groups excluding carboxylic acids is 2. The van der Waals surface area contributed by atoms with Crippen molar-refractivity contribution < 1.29 is 27.5 Å². The van der Waals surface area contributed by atoms with Crippen molar-refractivity contribution in [1.29, 1.82) is 0 Å². The summed E-state index contributed by atoms with van der Waals surface area (Å²) in [4.78, 5) is 25.1. The highest BCUT2D eigenvalue weighted by Gasteiger charge is 2.35. The lowest BCUT2D eigenvalue weighted by atomic mass is 10.1. The van der Waals surface area contributed by atoms with E-state index in [0.717, 1.165) is 11.0 Å². The van der Waals surface area contributed by atoms with Crippen LogP contribution in [0.15, 0.2) is 48.5 Å². The molecule has 0 atom stereocenters. The van der Waals surface area contributed by atoms with Gasteiger partial charge in [-0.1, -0.05) is 24.3 Å². The van der Waals surface area contributed by atoms with Crippen LogP contribution in [-0.2, 0) is 22.1 Å². The summed E-state index contributed by atoms with van der Waals surface area (Å²) >= 11 is 0. The highest BCUT2D eigenvalue weighted by molar-refractivity contribution is 6.01. The monoisotopic (exact) mass is 408 g/mol. The van der Waals surface area contributed by atoms with E-state index in [1.807, 2.05) is 0 Å². The Morgan fingerprint density at radius 2 is 1.59 bits per heavy atom. The molecule has 29 heavy (non-hydrogen) atoms. The lowest BCUT2D eigenvalue weighted by Crippen LogP contribution is -2.32. The summed E-state index contributed by atoms with van der Waals surface area (Å²) in [6.07, 6.45) is -4.50. The smallest absolute Gasteiger partial charge is 0.418 e. The number of amides is 2. The zero-order chi connectivity index (χ0) is 21.8. The Labute approximate surface area is 167 Å². The zero-order valence-corrected chi connectivity index (χ0v) is 16.6. The summed E-state index contributed by atoms with van der Waals surface area (Å²) in [7, 11) is 1.26. The SMILES string of the molecule is CN(C(=O)Nc1ccc(CC(=O)OC(C)(C)C)cc1)c1ccccc1C(F)(F)F. The third kappa shape index (κ3) is 6.51. The Hall–Kier alpha value is -3.03. The number of hydrogen-bond acceptors (Lipinski definition) is 3. The van der Waals surface area contributed by atoms with E-state index >= 15 is 0 Å². The van der Waals surface area contributed by atoms with E-state index in [1.54, 1.807) is 45.0 Å². The zero-order valence-electron chi connectivity index (χ0n) is 16.6. The van der Waals surface area contributed by atoms with Crippen LogP contribution in [0.2, 0.25) is 0 Å². The normalized spacial score (nSPS) is 11.7. The van der Waals surface area contributed by atoms with Crippen LogP contribution in [-0.4, -0.2) is 24.6 Å². The van der Waals surface area contributed by atoms with E-state index in [4.69, 9.17) is 4.74 Å². The van der Waals surface area contributed by atoms with Gasteiger partial charge < -0.3 is 10.1 Å². The van der Waals surface area contributed by atoms with Crippen molar-refractivity contribution in [3.8, 4) is 0 Å². The highest BCUT2D eigenvalue weighted by atomic mass is 19.4. The van der Waals surface area contributed by atoms with Gasteiger partial charge in [0, 0.05) is 12.7 Å². The summed E-state index contributed by atoms with van der Waals surface area (Å²) in [6, 6.07) is 10.5. The topological polar surface area (TPSA) is 58.6 Å². The molecule has 0 aromatic heterocycles. The third-order valence-corrected chi connectivity index (χ3v) is 3.85. The molecule has 0 heterocycles. The van der Waals surface area contributed by atoms with Crippen LogP contribution in [0.3, 0.4) is 0 Å². The number of halogens is 3. The molecule has 0 aliphatic carbocycles. The molecule has 2 aromatic rings. The van der Waals surface area contributed by atoms with Gasteiger partial charge in [-0.25, -0.2) is 4.79 Å². The molecular formula is C21H23F3N2O3. The van der Waals surface area contributed by atoms with Gasteiger partial charge in [0.2, 0.25) is 0 Å². The molecule has 0 fully saturated rings. The predicted octanol–water partition coefficient (Wildman–Crippen LogP) is 5.26. The molecule has 0 aliphatic rings. The lowest BCUT2D eigenvalue weighted by molar-refractivity contribution is -0.153. The molecule has 0 unspecified atom stereocenters. The molecule has 1 N–H and O–H groups in total. The van der Waals surface area contributed by atoms with Crippen molar-refractivity contribution in [2.75, 3.05) is 17.3 Å². The highest BCUT2D eigenvalue weighted by Crippen LogP contribution is 2.36. The number of nitrogens with one attached hydrogen (secondary N) is 1. The number of benzene rings is 2. The minimum Gasteiger partial charge on any atom is -0.460 e. The molecule has 0 spiro atoms. The third-order valence-electron chi connectivity index (χ3n) is 3.85. The Morgan fingerprint density at radius 1 is 1.00 bits per heavy atom. The van der Waals surface area contributed by atoms with Crippen molar-refractivity contribution in [1.82, 2.24) is 0 Å². The summed E-state index contributed by atoms with van der Waals surface area (Å²) in [6.45, 7) is 5.32. The summed E-state index contributed by atoms with van der Waals surface area (Å²) in [5.74, 6) is -0.377. The molecule has 0 saturated carbocycles. The minimum atomic E-state index is -4.57. The number of ether oxygens (including phenoxy) is 1. The Bertz CT molecular complexity index is 872. The summed E-state index contributed by atoms with van der Waals surface area (Å²) in [5.41, 5.74) is -0.654. The Morgan fingerprint density at radius 3 is 2.14 bits per heavy atom. The van der Waals surface area contributed by atoms with Crippen LogP contribution in [0.1, 0.15) is 31.9 Å². The molecule has 156 valence electrons. The molecule has 0 saturated heterocycles. The molecule has 8 heteroatoms. The van der Waals surface area contributed by atoms with Gasteiger partial charge >= 0.3 is 18.2 Å². The maximum atomic E-state index is 13.2. The van der Waals surface area contributed by atoms with E-state index in [0.29, 0.717) is 11.3 Å². The molecule has 0 radical (unpaired) electrons. The van der Waals surface area contributed by atoms with E-state index < -0.39 is 23.4 Å². The average Bonchev–Trinajstić information content (AvgIpc) is 2.60. The lowest BCUT2D eigenvalue weighted by Gasteiger charge is -2.22. The maximum absolute atomic E-state index is 13.2. The predicted molar refractivity (Wildman–Crippen MR) is 105 cm³/mol. The van der Waals surface area contributed by atoms with Gasteiger partial charge in [0.15, 0.2) is 0 Å². The van der Waals surface area contributed by atoms with Crippen LogP contribution < -0.4 is 10.2 Å². The number of carbonyl (C=O) groups is 2. The van der Waals surface area contributed by atoms with Gasteiger partial charge in [0.05, 0.1) is 17.7 Å². The number of rotatable bonds is 4. The second-order valence-corrected chi connectivity index (χ2v) is 7.46. The first-order chi connectivity index (χ1) is 13.4. The molecule has 5 nitrogen and oxygen atoms in total. The van der Waals surface area contributed by atoms with Crippen molar-refractivity contribution >= 4 is 23.4 Å². The van der Waals surface area contributed by atoms with E-state index in [9.17, 15) is 22.8 Å². The van der Waals surface area contributed by atoms with Crippen LogP contribution >= 0.6 is 0 Å². The first kappa shape index (κ1) is 22.3. The number of nitrogens with zero attached hydrogens (tertiary/aromatic N) is 1. The Balaban J connectivity index is 2.05. The van der Waals surface area contributed by atoms with E-state index in [1.165, 1.54) is 25.2 Å². The largest absolute Gasteiger partial charge is 0.460 e. The minimum absolute atomic E-state index is 0.0738. The van der Waals surface area contributed by atoms with Gasteiger partial charge in [0.25, 0.3) is 0 Å². The molecule has 2 amide bonds. The van der Waals surface area contributed by atoms with Crippen molar-refractivity contribution in [3.63, 3.8) is 0 Å². The second-order valence-electron chi connectivity index (χ2n) is 7.46. The summed E-state index contributed by atoms with van der Waals surface area (Å²) < 4.78 is 44.7. The number of urea groups is 1. The van der Waals surface area contributed by atoms with Crippen molar-refractivity contribution in [2.45, 2.75) is 39.0 Å². The first-order valence-corrected chi connectivity index (χ1v) is 8.88. The number of esters is 1. The van der Waals surface area contributed by atoms with Crippen LogP contribution in [0.4, 0.5) is 29.3 Å². The molecule has 2 aromatic carbocycles. The van der Waals surface area contributed by atoms with E-state index in [2.05, 4.69) is 5.32 Å². The molecular weight excluding hydrogens is 385 g/mol. The van der Waals surface area contributed by atoms with Gasteiger partial charge in [-0.3, -0.25) is 9.69 Å². The molecule has 0 aliphatic heterocycles. The van der Waals surface area contributed by atoms with Gasteiger partial charge in [-0.15, -0.1) is 0 Å². The van der Waals surface area contributed by atoms with Gasteiger partial charge in [-0.05, 0) is 50.6 Å². The maximum Gasteiger partial charge on any atom is 0.418 e. The number of alkyl halides is 3. The number of para-hydroxylation sites is 1. The van der Waals surface area contributed by atoms with Crippen molar-refractivity contribution in [2.24, 2.45) is 0 Å². The fourth-order valence-electron chi connectivity index (χ4n) is 2.57.